The largest absolute Gasteiger partial charge is 0.340 e. The summed E-state index contributed by atoms with van der Waals surface area (Å²) in [5, 5.41) is 6.00. The van der Waals surface area contributed by atoms with Crippen molar-refractivity contribution in [2.24, 2.45) is 0 Å². The molecule has 1 fully saturated rings. The zero-order valence-corrected chi connectivity index (χ0v) is 16.3. The summed E-state index contributed by atoms with van der Waals surface area (Å²) in [4.78, 5) is 27.6. The van der Waals surface area contributed by atoms with Crippen molar-refractivity contribution >= 4 is 29.4 Å². The number of hydrogen-bond acceptors (Lipinski definition) is 3. The Labute approximate surface area is 164 Å². The van der Waals surface area contributed by atoms with E-state index in [1.165, 1.54) is 0 Å². The van der Waals surface area contributed by atoms with Crippen LogP contribution in [0, 0.1) is 0 Å². The molecule has 0 aliphatic carbocycles. The van der Waals surface area contributed by atoms with Gasteiger partial charge < -0.3 is 15.5 Å². The van der Waals surface area contributed by atoms with Gasteiger partial charge in [-0.2, -0.15) is 0 Å². The van der Waals surface area contributed by atoms with Crippen molar-refractivity contribution in [2.45, 2.75) is 30.7 Å². The van der Waals surface area contributed by atoms with Crippen LogP contribution >= 0.6 is 11.8 Å². The van der Waals surface area contributed by atoms with Crippen molar-refractivity contribution in [3.63, 3.8) is 0 Å². The molecule has 0 bridgehead atoms. The van der Waals surface area contributed by atoms with Crippen LogP contribution in [-0.4, -0.2) is 35.7 Å². The van der Waals surface area contributed by atoms with Crippen LogP contribution in [0.3, 0.4) is 0 Å². The van der Waals surface area contributed by atoms with Crippen LogP contribution in [0.25, 0.3) is 0 Å². The molecule has 2 N–H and O–H groups in total. The number of urea groups is 1. The Hall–Kier alpha value is -2.47. The molecule has 0 radical (unpaired) electrons. The standard InChI is InChI=1S/C21H25N3O2S/c1-2-27-19-12-7-6-11-17(19)22-21(26)23-18(16-9-4-3-5-10-16)15-24-14-8-13-20(24)25/h3-7,9-12,18H,2,8,13-15H2,1H3,(H2,22,23,26)/t18-/m0/s1. The minimum absolute atomic E-state index is 0.155. The number of hydrogen-bond donors (Lipinski definition) is 2. The molecule has 0 spiro atoms. The molecule has 1 heterocycles. The van der Waals surface area contributed by atoms with Gasteiger partial charge in [-0.05, 0) is 29.9 Å². The van der Waals surface area contributed by atoms with Gasteiger partial charge in [0, 0.05) is 24.4 Å². The zero-order valence-electron chi connectivity index (χ0n) is 15.5. The van der Waals surface area contributed by atoms with Gasteiger partial charge in [0.25, 0.3) is 0 Å². The highest BCUT2D eigenvalue weighted by Gasteiger charge is 2.25. The molecule has 1 aliphatic rings. The molecule has 6 heteroatoms. The van der Waals surface area contributed by atoms with E-state index in [1.807, 2.05) is 59.5 Å². The molecule has 1 saturated heterocycles. The lowest BCUT2D eigenvalue weighted by Crippen LogP contribution is -2.40. The summed E-state index contributed by atoms with van der Waals surface area (Å²) < 4.78 is 0. The van der Waals surface area contributed by atoms with E-state index in [-0.39, 0.29) is 18.0 Å². The zero-order chi connectivity index (χ0) is 19.1. The van der Waals surface area contributed by atoms with E-state index < -0.39 is 0 Å². The van der Waals surface area contributed by atoms with Gasteiger partial charge >= 0.3 is 6.03 Å². The number of nitrogens with zero attached hydrogens (tertiary/aromatic N) is 1. The van der Waals surface area contributed by atoms with Crippen LogP contribution in [0.1, 0.15) is 31.4 Å². The Balaban J connectivity index is 1.71. The van der Waals surface area contributed by atoms with Crippen molar-refractivity contribution in [3.05, 3.63) is 60.2 Å². The van der Waals surface area contributed by atoms with Crippen LogP contribution in [-0.2, 0) is 4.79 Å². The van der Waals surface area contributed by atoms with Gasteiger partial charge in [0.2, 0.25) is 5.91 Å². The van der Waals surface area contributed by atoms with Gasteiger partial charge in [0.15, 0.2) is 0 Å². The van der Waals surface area contributed by atoms with Crippen LogP contribution in [0.5, 0.6) is 0 Å². The minimum Gasteiger partial charge on any atom is -0.340 e. The lowest BCUT2D eigenvalue weighted by Gasteiger charge is -2.25. The maximum Gasteiger partial charge on any atom is 0.319 e. The van der Waals surface area contributed by atoms with Gasteiger partial charge in [-0.15, -0.1) is 11.8 Å². The molecule has 2 aromatic carbocycles. The maximum atomic E-state index is 12.7. The SMILES string of the molecule is CCSc1ccccc1NC(=O)N[C@@H](CN1CCCC1=O)c1ccccc1. The van der Waals surface area contributed by atoms with Crippen molar-refractivity contribution in [1.29, 1.82) is 0 Å². The van der Waals surface area contributed by atoms with Gasteiger partial charge in [-0.3, -0.25) is 4.79 Å². The van der Waals surface area contributed by atoms with E-state index in [0.29, 0.717) is 13.0 Å². The topological polar surface area (TPSA) is 61.4 Å². The lowest BCUT2D eigenvalue weighted by molar-refractivity contribution is -0.128. The second kappa shape index (κ2) is 9.46. The number of nitrogens with one attached hydrogen (secondary N) is 2. The minimum atomic E-state index is -0.264. The molecule has 0 unspecified atom stereocenters. The Kier molecular flexibility index (Phi) is 6.76. The first kappa shape index (κ1) is 19.3. The van der Waals surface area contributed by atoms with Gasteiger partial charge in [-0.1, -0.05) is 49.4 Å². The summed E-state index contributed by atoms with van der Waals surface area (Å²) in [6, 6.07) is 17.1. The Morgan fingerprint density at radius 3 is 2.59 bits per heavy atom. The van der Waals surface area contributed by atoms with Crippen LogP contribution in [0.2, 0.25) is 0 Å². The van der Waals surface area contributed by atoms with Crippen molar-refractivity contribution in [2.75, 3.05) is 24.2 Å². The number of anilines is 1. The van der Waals surface area contributed by atoms with E-state index in [2.05, 4.69) is 17.6 Å². The van der Waals surface area contributed by atoms with E-state index >= 15 is 0 Å². The van der Waals surface area contributed by atoms with Gasteiger partial charge in [-0.25, -0.2) is 4.79 Å². The second-order valence-corrected chi connectivity index (χ2v) is 7.74. The first-order valence-electron chi connectivity index (χ1n) is 9.29. The third kappa shape index (κ3) is 5.26. The predicted molar refractivity (Wildman–Crippen MR) is 110 cm³/mol. The third-order valence-electron chi connectivity index (χ3n) is 4.52. The summed E-state index contributed by atoms with van der Waals surface area (Å²) >= 11 is 1.69. The Bertz CT molecular complexity index is 782. The summed E-state index contributed by atoms with van der Waals surface area (Å²) in [5.41, 5.74) is 1.79. The average molecular weight is 384 g/mol. The number of amides is 3. The Morgan fingerprint density at radius 2 is 1.89 bits per heavy atom. The molecule has 1 aliphatic heterocycles. The molecule has 3 amide bonds. The summed E-state index contributed by atoms with van der Waals surface area (Å²) in [6.45, 7) is 3.32. The van der Waals surface area contributed by atoms with Crippen molar-refractivity contribution in [1.82, 2.24) is 10.2 Å². The Morgan fingerprint density at radius 1 is 1.15 bits per heavy atom. The molecule has 0 saturated carbocycles. The number of rotatable bonds is 7. The van der Waals surface area contributed by atoms with Crippen molar-refractivity contribution < 1.29 is 9.59 Å². The van der Waals surface area contributed by atoms with Gasteiger partial charge in [0.05, 0.1) is 11.7 Å². The molecular weight excluding hydrogens is 358 g/mol. The first-order chi connectivity index (χ1) is 13.2. The average Bonchev–Trinajstić information content (AvgIpc) is 3.08. The van der Waals surface area contributed by atoms with Gasteiger partial charge in [0.1, 0.15) is 0 Å². The fourth-order valence-electron chi connectivity index (χ4n) is 3.21. The maximum absolute atomic E-state index is 12.7. The van der Waals surface area contributed by atoms with Crippen molar-refractivity contribution in [3.8, 4) is 0 Å². The van der Waals surface area contributed by atoms with E-state index in [0.717, 1.165) is 34.9 Å². The van der Waals surface area contributed by atoms with E-state index in [4.69, 9.17) is 0 Å². The number of thioether (sulfide) groups is 1. The van der Waals surface area contributed by atoms with Crippen LogP contribution in [0.15, 0.2) is 59.5 Å². The van der Waals surface area contributed by atoms with Crippen LogP contribution in [0.4, 0.5) is 10.5 Å². The fourth-order valence-corrected chi connectivity index (χ4v) is 3.97. The number of likely N-dealkylation sites (tertiary alicyclic amines) is 1. The molecule has 27 heavy (non-hydrogen) atoms. The second-order valence-electron chi connectivity index (χ2n) is 6.43. The summed E-state index contributed by atoms with van der Waals surface area (Å²) in [6.07, 6.45) is 1.48. The number of carbonyl (C=O) groups is 2. The van der Waals surface area contributed by atoms with E-state index in [9.17, 15) is 9.59 Å². The quantitative estimate of drug-likeness (QED) is 0.702. The highest BCUT2D eigenvalue weighted by atomic mass is 32.2. The number of benzene rings is 2. The summed E-state index contributed by atoms with van der Waals surface area (Å²) in [5.74, 6) is 1.09. The lowest BCUT2D eigenvalue weighted by atomic mass is 10.1. The molecule has 2 aromatic rings. The highest BCUT2D eigenvalue weighted by molar-refractivity contribution is 7.99. The first-order valence-corrected chi connectivity index (χ1v) is 10.3. The molecule has 142 valence electrons. The number of para-hydroxylation sites is 1. The molecular formula is C21H25N3O2S. The van der Waals surface area contributed by atoms with E-state index in [1.54, 1.807) is 11.8 Å². The molecule has 1 atom stereocenters. The molecule has 3 rings (SSSR count). The monoisotopic (exact) mass is 383 g/mol. The highest BCUT2D eigenvalue weighted by Crippen LogP contribution is 2.27. The molecule has 5 nitrogen and oxygen atoms in total. The summed E-state index contributed by atoms with van der Waals surface area (Å²) in [7, 11) is 0. The normalized spacial score (nSPS) is 14.9. The predicted octanol–water partition coefficient (Wildman–Crippen LogP) is 4.28. The third-order valence-corrected chi connectivity index (χ3v) is 5.47. The molecule has 0 aromatic heterocycles. The fraction of sp³-hybridized carbons (Fsp3) is 0.333. The smallest absolute Gasteiger partial charge is 0.319 e. The number of carbonyl (C=O) groups excluding carboxylic acids is 2. The van der Waals surface area contributed by atoms with Crippen LogP contribution < -0.4 is 10.6 Å².